The van der Waals surface area contributed by atoms with Gasteiger partial charge in [-0.15, -0.1) is 0 Å². The fourth-order valence-corrected chi connectivity index (χ4v) is 4.85. The predicted molar refractivity (Wildman–Crippen MR) is 140 cm³/mol. The lowest BCUT2D eigenvalue weighted by Crippen LogP contribution is -2.41. The van der Waals surface area contributed by atoms with Crippen molar-refractivity contribution in [2.45, 2.75) is 37.8 Å². The molecule has 1 aromatic carbocycles. The van der Waals surface area contributed by atoms with Crippen molar-refractivity contribution in [3.8, 4) is 11.5 Å². The van der Waals surface area contributed by atoms with Gasteiger partial charge in [-0.25, -0.2) is 19.3 Å². The number of hydrogen-bond donors (Lipinski definition) is 1. The minimum Gasteiger partial charge on any atom is -0.497 e. The van der Waals surface area contributed by atoms with Crippen LogP contribution in [0, 0.1) is 5.82 Å². The van der Waals surface area contributed by atoms with Gasteiger partial charge in [-0.05, 0) is 31.0 Å². The van der Waals surface area contributed by atoms with Crippen molar-refractivity contribution >= 4 is 28.6 Å². The van der Waals surface area contributed by atoms with E-state index in [0.29, 0.717) is 86.6 Å². The SMILES string of the molecule is COc1ccc(OC2CCN(c3nc4c(C(=O)N5CCOCC5)nccc4nc3NC3CC3)CC2)c(F)c1. The topological polar surface area (TPSA) is 102 Å². The summed E-state index contributed by atoms with van der Waals surface area (Å²) in [7, 11) is 1.50. The Kier molecular flexibility index (Phi) is 6.84. The Morgan fingerprint density at radius 2 is 1.87 bits per heavy atom. The number of nitrogens with one attached hydrogen (secondary N) is 1. The van der Waals surface area contributed by atoms with Crippen molar-refractivity contribution in [3.63, 3.8) is 0 Å². The number of morpholine rings is 1. The van der Waals surface area contributed by atoms with Gasteiger partial charge in [0.25, 0.3) is 5.91 Å². The summed E-state index contributed by atoms with van der Waals surface area (Å²) in [5.74, 6) is 1.52. The van der Waals surface area contributed by atoms with Crippen LogP contribution in [0.5, 0.6) is 11.5 Å². The zero-order valence-electron chi connectivity index (χ0n) is 21.4. The van der Waals surface area contributed by atoms with E-state index in [1.807, 2.05) is 0 Å². The second kappa shape index (κ2) is 10.6. The van der Waals surface area contributed by atoms with Crippen LogP contribution in [0.1, 0.15) is 36.2 Å². The number of nitrogens with zero attached hydrogens (tertiary/aromatic N) is 5. The van der Waals surface area contributed by atoms with Crippen LogP contribution in [0.4, 0.5) is 16.0 Å². The maximum atomic E-state index is 14.4. The van der Waals surface area contributed by atoms with E-state index in [1.54, 1.807) is 29.3 Å². The number of carbonyl (C=O) groups excluding carboxylic acids is 1. The molecular weight excluding hydrogens is 491 g/mol. The number of methoxy groups -OCH3 is 1. The van der Waals surface area contributed by atoms with Crippen molar-refractivity contribution < 1.29 is 23.4 Å². The molecule has 1 saturated carbocycles. The Labute approximate surface area is 220 Å². The highest BCUT2D eigenvalue weighted by molar-refractivity contribution is 6.03. The molecule has 2 saturated heterocycles. The third-order valence-corrected chi connectivity index (χ3v) is 7.16. The number of hydrogen-bond acceptors (Lipinski definition) is 9. The molecule has 38 heavy (non-hydrogen) atoms. The summed E-state index contributed by atoms with van der Waals surface area (Å²) in [6.07, 6.45) is 5.08. The smallest absolute Gasteiger partial charge is 0.274 e. The molecule has 3 aliphatic rings. The monoisotopic (exact) mass is 522 g/mol. The minimum absolute atomic E-state index is 0.123. The molecule has 0 unspecified atom stereocenters. The highest BCUT2D eigenvalue weighted by atomic mass is 19.1. The molecule has 0 atom stereocenters. The van der Waals surface area contributed by atoms with E-state index in [2.05, 4.69) is 15.2 Å². The van der Waals surface area contributed by atoms with Crippen LogP contribution in [-0.4, -0.2) is 84.4 Å². The molecule has 10 nitrogen and oxygen atoms in total. The number of benzene rings is 1. The van der Waals surface area contributed by atoms with Crippen molar-refractivity contribution in [3.05, 3.63) is 42.0 Å². The fraction of sp³-hybridized carbons (Fsp3) is 0.481. The van der Waals surface area contributed by atoms with Crippen LogP contribution < -0.4 is 19.7 Å². The lowest BCUT2D eigenvalue weighted by molar-refractivity contribution is 0.0300. The average Bonchev–Trinajstić information content (AvgIpc) is 3.78. The predicted octanol–water partition coefficient (Wildman–Crippen LogP) is 3.27. The minimum atomic E-state index is -0.437. The first-order valence-electron chi connectivity index (χ1n) is 13.1. The highest BCUT2D eigenvalue weighted by Gasteiger charge is 2.30. The summed E-state index contributed by atoms with van der Waals surface area (Å²) in [6.45, 7) is 3.41. The summed E-state index contributed by atoms with van der Waals surface area (Å²) in [5.41, 5.74) is 1.44. The molecule has 11 heteroatoms. The van der Waals surface area contributed by atoms with E-state index in [9.17, 15) is 9.18 Å². The molecule has 1 amide bonds. The molecule has 3 aromatic rings. The summed E-state index contributed by atoms with van der Waals surface area (Å²) < 4.78 is 30.9. The van der Waals surface area contributed by atoms with Crippen LogP contribution in [0.3, 0.4) is 0 Å². The van der Waals surface area contributed by atoms with Gasteiger partial charge in [-0.3, -0.25) is 4.79 Å². The zero-order chi connectivity index (χ0) is 26.1. The van der Waals surface area contributed by atoms with Crippen LogP contribution in [0.25, 0.3) is 11.0 Å². The standard InChI is InChI=1S/C27H31FN6O4/c1-36-19-4-5-22(20(28)16-19)38-18-7-10-33(11-8-18)26-25(30-17-2-3-17)31-21-6-9-29-24(23(21)32-26)27(35)34-12-14-37-15-13-34/h4-6,9,16-18H,2-3,7-8,10-15H2,1H3,(H,30,31). The van der Waals surface area contributed by atoms with Gasteiger partial charge >= 0.3 is 0 Å². The van der Waals surface area contributed by atoms with Crippen molar-refractivity contribution in [1.29, 1.82) is 0 Å². The first-order valence-corrected chi connectivity index (χ1v) is 13.1. The van der Waals surface area contributed by atoms with Gasteiger partial charge in [0.15, 0.2) is 28.9 Å². The number of amides is 1. The van der Waals surface area contributed by atoms with Crippen molar-refractivity contribution in [1.82, 2.24) is 19.9 Å². The second-order valence-corrected chi connectivity index (χ2v) is 9.85. The van der Waals surface area contributed by atoms with E-state index in [0.717, 1.165) is 18.7 Å². The molecule has 2 aromatic heterocycles. The van der Waals surface area contributed by atoms with Gasteiger partial charge in [0.1, 0.15) is 17.4 Å². The molecule has 0 bridgehead atoms. The van der Waals surface area contributed by atoms with Gasteiger partial charge in [-0.2, -0.15) is 0 Å². The van der Waals surface area contributed by atoms with Crippen molar-refractivity contribution in [2.24, 2.45) is 0 Å². The number of anilines is 2. The Morgan fingerprint density at radius 1 is 1.08 bits per heavy atom. The third-order valence-electron chi connectivity index (χ3n) is 7.16. The molecule has 0 radical (unpaired) electrons. The molecular formula is C27H31FN6O4. The number of piperidine rings is 1. The lowest BCUT2D eigenvalue weighted by atomic mass is 10.1. The quantitative estimate of drug-likeness (QED) is 0.501. The van der Waals surface area contributed by atoms with Crippen LogP contribution in [0.15, 0.2) is 30.5 Å². The highest BCUT2D eigenvalue weighted by Crippen LogP contribution is 2.33. The Hall–Kier alpha value is -3.73. The molecule has 2 aliphatic heterocycles. The van der Waals surface area contributed by atoms with E-state index in [4.69, 9.17) is 24.2 Å². The molecule has 4 heterocycles. The largest absolute Gasteiger partial charge is 0.497 e. The molecule has 1 aliphatic carbocycles. The molecule has 3 fully saturated rings. The Morgan fingerprint density at radius 3 is 2.58 bits per heavy atom. The summed E-state index contributed by atoms with van der Waals surface area (Å²) in [5, 5.41) is 3.52. The Balaban J connectivity index is 1.24. The lowest BCUT2D eigenvalue weighted by Gasteiger charge is -2.34. The van der Waals surface area contributed by atoms with Gasteiger partial charge in [0.05, 0.1) is 25.8 Å². The van der Waals surface area contributed by atoms with E-state index < -0.39 is 5.82 Å². The number of rotatable bonds is 7. The first-order chi connectivity index (χ1) is 18.6. The number of pyridine rings is 1. The van der Waals surface area contributed by atoms with Crippen molar-refractivity contribution in [2.75, 3.05) is 56.7 Å². The zero-order valence-corrected chi connectivity index (χ0v) is 21.4. The third kappa shape index (κ3) is 5.15. The maximum absolute atomic E-state index is 14.4. The molecule has 0 spiro atoms. The molecule has 6 rings (SSSR count). The second-order valence-electron chi connectivity index (χ2n) is 9.85. The average molecular weight is 523 g/mol. The fourth-order valence-electron chi connectivity index (χ4n) is 4.85. The van der Waals surface area contributed by atoms with Gasteiger partial charge in [0.2, 0.25) is 0 Å². The number of halogens is 1. The summed E-state index contributed by atoms with van der Waals surface area (Å²) in [4.78, 5) is 31.5. The normalized spacial score (nSPS) is 18.5. The number of aromatic nitrogens is 3. The summed E-state index contributed by atoms with van der Waals surface area (Å²) >= 11 is 0. The molecule has 200 valence electrons. The summed E-state index contributed by atoms with van der Waals surface area (Å²) in [6, 6.07) is 6.80. The maximum Gasteiger partial charge on any atom is 0.274 e. The number of ether oxygens (including phenoxy) is 3. The Bertz CT molecular complexity index is 1320. The van der Waals surface area contributed by atoms with E-state index >= 15 is 0 Å². The molecule has 1 N–H and O–H groups in total. The van der Waals surface area contributed by atoms with Crippen LogP contribution in [-0.2, 0) is 4.74 Å². The van der Waals surface area contributed by atoms with Crippen LogP contribution in [0.2, 0.25) is 0 Å². The number of carbonyl (C=O) groups is 1. The van der Waals surface area contributed by atoms with Gasteiger partial charge < -0.3 is 29.3 Å². The van der Waals surface area contributed by atoms with Crippen LogP contribution >= 0.6 is 0 Å². The van der Waals surface area contributed by atoms with E-state index in [-0.39, 0.29) is 17.8 Å². The van der Waals surface area contributed by atoms with E-state index in [1.165, 1.54) is 13.2 Å². The van der Waals surface area contributed by atoms with Gasteiger partial charge in [-0.1, -0.05) is 0 Å². The first kappa shape index (κ1) is 24.6. The van der Waals surface area contributed by atoms with Gasteiger partial charge in [0, 0.05) is 57.3 Å². The number of fused-ring (bicyclic) bond motifs is 1.